The second-order valence-corrected chi connectivity index (χ2v) is 13.3. The van der Waals surface area contributed by atoms with Crippen LogP contribution in [0.2, 0.25) is 0 Å². The number of carbonyl (C=O) groups is 5. The lowest BCUT2D eigenvalue weighted by Gasteiger charge is -2.25. The Morgan fingerprint density at radius 1 is 0.936 bits per heavy atom. The molecule has 4 rings (SSSR count). The molecule has 0 spiro atoms. The van der Waals surface area contributed by atoms with E-state index in [0.29, 0.717) is 28.9 Å². The minimum atomic E-state index is -3.53. The standard InChI is InChI=1S/C30H33ClN8O7S/c1-37-15-21(13-24(37)28(42)33-10-8-27(32)41)35-29(43)25-14-22(16-38(25)2)36-30(44)26-12-20(17-39(26,3)34-18-40)19-4-6-23(7-5-19)47(45,46)11-9-31/h4-7,12-18H,8-11H2,1-3H3,(H5-,32,33,34,35,36,40,41,42,43,44)/p+1. The number of primary amides is 1. The van der Waals surface area contributed by atoms with Crippen LogP contribution in [0.25, 0.3) is 5.57 Å². The van der Waals surface area contributed by atoms with E-state index in [-0.39, 0.29) is 51.2 Å². The van der Waals surface area contributed by atoms with E-state index in [1.54, 1.807) is 51.7 Å². The van der Waals surface area contributed by atoms with Gasteiger partial charge in [0, 0.05) is 57.0 Å². The van der Waals surface area contributed by atoms with Gasteiger partial charge in [0.25, 0.3) is 18.2 Å². The van der Waals surface area contributed by atoms with Crippen molar-refractivity contribution in [3.63, 3.8) is 0 Å². The zero-order valence-corrected chi connectivity index (χ0v) is 27.3. The van der Waals surface area contributed by atoms with E-state index >= 15 is 0 Å². The van der Waals surface area contributed by atoms with Crippen LogP contribution >= 0.6 is 11.6 Å². The van der Waals surface area contributed by atoms with E-state index < -0.39 is 33.5 Å². The summed E-state index contributed by atoms with van der Waals surface area (Å²) in [6, 6.07) is 9.05. The van der Waals surface area contributed by atoms with Crippen molar-refractivity contribution in [3.8, 4) is 0 Å². The first-order valence-corrected chi connectivity index (χ1v) is 16.3. The fraction of sp³-hybridized carbons (Fsp3) is 0.233. The minimum absolute atomic E-state index is 0.00916. The lowest BCUT2D eigenvalue weighted by Crippen LogP contribution is -2.50. The molecule has 1 unspecified atom stereocenters. The molecule has 3 aromatic rings. The third-order valence-corrected chi connectivity index (χ3v) is 9.43. The number of aryl methyl sites for hydroxylation is 2. The predicted molar refractivity (Wildman–Crippen MR) is 174 cm³/mol. The summed E-state index contributed by atoms with van der Waals surface area (Å²) in [5.41, 5.74) is 10.1. The number of nitrogens with two attached hydrogens (primary N) is 1. The molecule has 0 aliphatic carbocycles. The molecule has 0 bridgehead atoms. The van der Waals surface area contributed by atoms with E-state index in [1.165, 1.54) is 39.6 Å². The van der Waals surface area contributed by atoms with Crippen LogP contribution in [0, 0.1) is 0 Å². The molecule has 1 aliphatic rings. The molecule has 0 saturated heterocycles. The topological polar surface area (TPSA) is 203 Å². The number of aromatic nitrogens is 2. The monoisotopic (exact) mass is 685 g/mol. The zero-order valence-electron chi connectivity index (χ0n) is 25.7. The average Bonchev–Trinajstić information content (AvgIpc) is 3.66. The van der Waals surface area contributed by atoms with Crippen LogP contribution < -0.4 is 27.1 Å². The van der Waals surface area contributed by atoms with Crippen molar-refractivity contribution in [2.24, 2.45) is 19.8 Å². The summed E-state index contributed by atoms with van der Waals surface area (Å²) >= 11 is 5.61. The summed E-state index contributed by atoms with van der Waals surface area (Å²) in [5, 5.41) is 8.06. The molecular weight excluding hydrogens is 652 g/mol. The maximum absolute atomic E-state index is 13.5. The van der Waals surface area contributed by atoms with Gasteiger partial charge in [-0.2, -0.15) is 10.0 Å². The molecule has 1 aromatic carbocycles. The second-order valence-electron chi connectivity index (χ2n) is 10.8. The summed E-state index contributed by atoms with van der Waals surface area (Å²) in [6.45, 7) is 0.0748. The van der Waals surface area contributed by atoms with Gasteiger partial charge in [0.15, 0.2) is 9.84 Å². The summed E-state index contributed by atoms with van der Waals surface area (Å²) in [6.07, 6.45) is 6.73. The number of alkyl halides is 1. The normalized spacial score (nSPS) is 15.7. The number of quaternary nitrogens is 1. The average molecular weight is 686 g/mol. The first-order chi connectivity index (χ1) is 22.2. The van der Waals surface area contributed by atoms with Crippen molar-refractivity contribution in [1.82, 2.24) is 19.9 Å². The first kappa shape index (κ1) is 34.7. The lowest BCUT2D eigenvalue weighted by atomic mass is 10.1. The van der Waals surface area contributed by atoms with Gasteiger partial charge in [-0.05, 0) is 29.8 Å². The van der Waals surface area contributed by atoms with E-state index in [0.717, 1.165) is 0 Å². The second kappa shape index (κ2) is 14.1. The number of carbonyl (C=O) groups excluding carboxylic acids is 5. The number of anilines is 2. The van der Waals surface area contributed by atoms with Crippen LogP contribution in [-0.2, 0) is 38.3 Å². The number of allylic oxidation sites excluding steroid dienone is 2. The fourth-order valence-electron chi connectivity index (χ4n) is 4.89. The maximum atomic E-state index is 13.5. The molecule has 6 N–H and O–H groups in total. The van der Waals surface area contributed by atoms with Crippen LogP contribution in [0.4, 0.5) is 11.4 Å². The Morgan fingerprint density at radius 2 is 1.51 bits per heavy atom. The molecule has 1 aliphatic heterocycles. The number of hydrogen-bond donors (Lipinski definition) is 5. The number of sulfone groups is 1. The highest BCUT2D eigenvalue weighted by molar-refractivity contribution is 7.91. The van der Waals surface area contributed by atoms with Crippen molar-refractivity contribution in [2.45, 2.75) is 11.3 Å². The van der Waals surface area contributed by atoms with Crippen molar-refractivity contribution in [3.05, 3.63) is 83.7 Å². The molecule has 0 fully saturated rings. The number of nitrogens with zero attached hydrogens (tertiary/aromatic N) is 3. The number of hydrogen-bond acceptors (Lipinski definition) is 7. The number of amides is 5. The minimum Gasteiger partial charge on any atom is -0.370 e. The molecule has 17 heteroatoms. The molecule has 5 amide bonds. The van der Waals surface area contributed by atoms with Gasteiger partial charge in [-0.3, -0.25) is 24.0 Å². The van der Waals surface area contributed by atoms with Crippen molar-refractivity contribution in [2.75, 3.05) is 35.9 Å². The Morgan fingerprint density at radius 3 is 2.06 bits per heavy atom. The fourth-order valence-corrected chi connectivity index (χ4v) is 6.49. The molecule has 3 heterocycles. The highest BCUT2D eigenvalue weighted by Gasteiger charge is 2.38. The zero-order chi connectivity index (χ0) is 34.5. The van der Waals surface area contributed by atoms with Gasteiger partial charge < -0.3 is 30.8 Å². The van der Waals surface area contributed by atoms with Gasteiger partial charge in [-0.15, -0.1) is 11.6 Å². The Bertz CT molecular complexity index is 1910. The Kier molecular flexibility index (Phi) is 10.4. The van der Waals surface area contributed by atoms with Crippen LogP contribution in [0.5, 0.6) is 0 Å². The molecule has 47 heavy (non-hydrogen) atoms. The maximum Gasteiger partial charge on any atom is 0.312 e. The first-order valence-electron chi connectivity index (χ1n) is 14.1. The highest BCUT2D eigenvalue weighted by atomic mass is 35.5. The third-order valence-electron chi connectivity index (χ3n) is 7.28. The van der Waals surface area contributed by atoms with Crippen molar-refractivity contribution in [1.29, 1.82) is 0 Å². The van der Waals surface area contributed by atoms with Crippen LogP contribution in [0.15, 0.2) is 71.7 Å². The van der Waals surface area contributed by atoms with Gasteiger partial charge in [-0.1, -0.05) is 12.1 Å². The predicted octanol–water partition coefficient (Wildman–Crippen LogP) is 1.22. The lowest BCUT2D eigenvalue weighted by molar-refractivity contribution is -0.849. The summed E-state index contributed by atoms with van der Waals surface area (Å²) in [7, 11) is 1.30. The SMILES string of the molecule is Cn1cc(NC(=O)c2cc(NC(=O)C3=CC(c4ccc(S(=O)(=O)CCCl)cc4)=C[N+]3(C)NC=O)cn2C)cc1C(=O)NCCC(N)=O. The molecule has 2 aromatic heterocycles. The summed E-state index contributed by atoms with van der Waals surface area (Å²) in [4.78, 5) is 61.6. The van der Waals surface area contributed by atoms with Crippen molar-refractivity contribution >= 4 is 68.4 Å². The van der Waals surface area contributed by atoms with Gasteiger partial charge in [0.1, 0.15) is 24.6 Å². The quantitative estimate of drug-likeness (QED) is 0.0953. The number of halogens is 1. The molecule has 0 radical (unpaired) electrons. The number of likely N-dealkylation sites (N-methyl/N-ethyl adjacent to an activating group) is 1. The largest absolute Gasteiger partial charge is 0.370 e. The molecule has 248 valence electrons. The van der Waals surface area contributed by atoms with E-state index in [1.807, 2.05) is 0 Å². The Hall–Kier alpha value is -5.19. The number of nitrogens with one attached hydrogen (secondary N) is 4. The Balaban J connectivity index is 1.48. The number of benzene rings is 1. The van der Waals surface area contributed by atoms with E-state index in [2.05, 4.69) is 21.4 Å². The van der Waals surface area contributed by atoms with Gasteiger partial charge in [0.2, 0.25) is 11.6 Å². The van der Waals surface area contributed by atoms with E-state index in [4.69, 9.17) is 17.3 Å². The Labute approximate surface area is 275 Å². The highest BCUT2D eigenvalue weighted by Crippen LogP contribution is 2.32. The van der Waals surface area contributed by atoms with Crippen LogP contribution in [0.1, 0.15) is 33.0 Å². The summed E-state index contributed by atoms with van der Waals surface area (Å²) < 4.78 is 27.3. The van der Waals surface area contributed by atoms with Gasteiger partial charge in [-0.25, -0.2) is 8.42 Å². The van der Waals surface area contributed by atoms with Crippen molar-refractivity contribution < 1.29 is 37.0 Å². The molecular formula is C30H34ClN8O7S+. The van der Waals surface area contributed by atoms with Gasteiger partial charge in [0.05, 0.1) is 22.0 Å². The van der Waals surface area contributed by atoms with Crippen LogP contribution in [-0.4, -0.2) is 77.4 Å². The molecule has 0 saturated carbocycles. The van der Waals surface area contributed by atoms with Gasteiger partial charge >= 0.3 is 5.91 Å². The van der Waals surface area contributed by atoms with Crippen LogP contribution in [0.3, 0.4) is 0 Å². The molecule has 1 atom stereocenters. The smallest absolute Gasteiger partial charge is 0.312 e. The number of rotatable bonds is 14. The summed E-state index contributed by atoms with van der Waals surface area (Å²) in [5.74, 6) is -2.30. The molecule has 15 nitrogen and oxygen atoms in total. The third kappa shape index (κ3) is 7.97. The van der Waals surface area contributed by atoms with E-state index in [9.17, 15) is 32.4 Å².